The Bertz CT molecular complexity index is 1810. The number of rotatable bonds is 6. The Morgan fingerprint density at radius 3 is 2.35 bits per heavy atom. The number of carbonyl (C=O) groups is 3. The van der Waals surface area contributed by atoms with Gasteiger partial charge < -0.3 is 15.0 Å². The van der Waals surface area contributed by atoms with E-state index in [2.05, 4.69) is 5.32 Å². The molecule has 4 aromatic rings. The summed E-state index contributed by atoms with van der Waals surface area (Å²) in [6, 6.07) is 27.5. The number of benzene rings is 4. The molecule has 7 rings (SSSR count). The van der Waals surface area contributed by atoms with Gasteiger partial charge in [-0.3, -0.25) is 14.4 Å². The topological polar surface area (TPSA) is 75.7 Å². The minimum absolute atomic E-state index is 0.0193. The number of hydrogen-bond acceptors (Lipinski definition) is 5. The highest BCUT2D eigenvalue weighted by atomic mass is 35.5. The van der Waals surface area contributed by atoms with Crippen LogP contribution in [0, 0.1) is 5.92 Å². The summed E-state index contributed by atoms with van der Waals surface area (Å²) < 4.78 is 5.80. The summed E-state index contributed by atoms with van der Waals surface area (Å²) in [6.07, 6.45) is 3.79. The van der Waals surface area contributed by atoms with Gasteiger partial charge in [-0.1, -0.05) is 66.2 Å². The van der Waals surface area contributed by atoms with Gasteiger partial charge in [0, 0.05) is 23.0 Å². The van der Waals surface area contributed by atoms with Gasteiger partial charge in [0.1, 0.15) is 17.2 Å². The van der Waals surface area contributed by atoms with Crippen molar-refractivity contribution in [3.63, 3.8) is 0 Å². The minimum atomic E-state index is -1.41. The number of halogens is 1. The van der Waals surface area contributed by atoms with Crippen LogP contribution < -0.4 is 10.1 Å². The number of hydrogen-bond donors (Lipinski definition) is 1. The highest BCUT2D eigenvalue weighted by Crippen LogP contribution is 2.62. The fourth-order valence-corrected chi connectivity index (χ4v) is 7.37. The molecule has 3 aliphatic rings. The van der Waals surface area contributed by atoms with Crippen LogP contribution in [0.4, 0.5) is 5.69 Å². The van der Waals surface area contributed by atoms with E-state index in [0.717, 1.165) is 11.1 Å². The molecule has 0 radical (unpaired) electrons. The van der Waals surface area contributed by atoms with Gasteiger partial charge in [0.25, 0.3) is 0 Å². The number of ketones is 2. The van der Waals surface area contributed by atoms with Crippen molar-refractivity contribution < 1.29 is 19.1 Å². The van der Waals surface area contributed by atoms with Crippen LogP contribution in [0.5, 0.6) is 5.75 Å². The molecule has 0 saturated carbocycles. The molecule has 43 heavy (non-hydrogen) atoms. The predicted molar refractivity (Wildman–Crippen MR) is 166 cm³/mol. The quantitative estimate of drug-likeness (QED) is 0.243. The normalized spacial score (nSPS) is 23.1. The maximum Gasteiger partial charge on any atom is 0.238 e. The van der Waals surface area contributed by atoms with Crippen molar-refractivity contribution in [1.82, 2.24) is 4.90 Å². The van der Waals surface area contributed by atoms with Gasteiger partial charge in [-0.2, -0.15) is 0 Å². The zero-order chi connectivity index (χ0) is 29.9. The van der Waals surface area contributed by atoms with Crippen molar-refractivity contribution in [1.29, 1.82) is 0 Å². The molecule has 3 aliphatic heterocycles. The molecule has 1 amide bonds. The first kappa shape index (κ1) is 27.2. The zero-order valence-corrected chi connectivity index (χ0v) is 24.4. The van der Waals surface area contributed by atoms with Crippen LogP contribution in [0.1, 0.15) is 57.3 Å². The monoisotopic (exact) mass is 588 g/mol. The number of para-hydroxylation sites is 1. The van der Waals surface area contributed by atoms with Gasteiger partial charge in [-0.05, 0) is 79.1 Å². The van der Waals surface area contributed by atoms with Gasteiger partial charge in [-0.25, -0.2) is 0 Å². The Hall–Kier alpha value is -4.68. The molecule has 4 aromatic carbocycles. The summed E-state index contributed by atoms with van der Waals surface area (Å²) in [4.78, 5) is 46.0. The zero-order valence-electron chi connectivity index (χ0n) is 23.7. The number of carbonyl (C=O) groups excluding carboxylic acids is 3. The lowest BCUT2D eigenvalue weighted by molar-refractivity contribution is -0.122. The average Bonchev–Trinajstić information content (AvgIpc) is 3.49. The first-order chi connectivity index (χ1) is 20.8. The van der Waals surface area contributed by atoms with Crippen molar-refractivity contribution in [3.8, 4) is 5.75 Å². The third-order valence-corrected chi connectivity index (χ3v) is 9.10. The fraction of sp³-hybridized carbons (Fsp3) is 0.194. The van der Waals surface area contributed by atoms with Crippen LogP contribution in [0.3, 0.4) is 0 Å². The van der Waals surface area contributed by atoms with Crippen molar-refractivity contribution in [2.24, 2.45) is 5.92 Å². The standard InChI is InChI=1S/C36H29ClN2O4/c1-21(2)43-24-17-15-23(16-18-24)32(40)31-30(33(41)26-11-5-7-13-28(26)37)36(27-12-6-8-14-29(27)38-35(36)42)34-25-10-4-3-9-22(25)19-20-39(31)34/h3-21,30-31,34H,1-2H3,(H,38,42)/t30-,31+,34-,36-/m1/s1. The largest absolute Gasteiger partial charge is 0.491 e. The number of Topliss-reactive ketones (excluding diaryl/α,β-unsaturated/α-hetero) is 2. The van der Waals surface area contributed by atoms with Crippen molar-refractivity contribution in [2.75, 3.05) is 5.32 Å². The van der Waals surface area contributed by atoms with E-state index in [1.165, 1.54) is 0 Å². The Balaban J connectivity index is 1.49. The SMILES string of the molecule is CC(C)Oc1ccc(C(=O)[C@@H]2[C@H](C(=O)c3ccccc3Cl)[C@@]3(C(=O)Nc4ccccc43)[C@H]3c4ccccc4C=CN23)cc1. The first-order valence-electron chi connectivity index (χ1n) is 14.4. The molecule has 1 spiro atoms. The Morgan fingerprint density at radius 1 is 0.884 bits per heavy atom. The molecule has 4 atom stereocenters. The van der Waals surface area contributed by atoms with E-state index < -0.39 is 23.4 Å². The summed E-state index contributed by atoms with van der Waals surface area (Å²) in [5.74, 6) is -1.36. The summed E-state index contributed by atoms with van der Waals surface area (Å²) in [7, 11) is 0. The predicted octanol–water partition coefficient (Wildman–Crippen LogP) is 7.11. The second kappa shape index (κ2) is 10.2. The van der Waals surface area contributed by atoms with Crippen LogP contribution >= 0.6 is 11.6 Å². The maximum absolute atomic E-state index is 14.9. The second-order valence-corrected chi connectivity index (χ2v) is 11.9. The molecule has 0 bridgehead atoms. The van der Waals surface area contributed by atoms with Crippen LogP contribution in [0.15, 0.2) is 103 Å². The number of anilines is 1. The lowest BCUT2D eigenvalue weighted by Crippen LogP contribution is -2.49. The van der Waals surface area contributed by atoms with Gasteiger partial charge in [-0.15, -0.1) is 0 Å². The van der Waals surface area contributed by atoms with Crippen molar-refractivity contribution in [3.05, 3.63) is 136 Å². The third-order valence-electron chi connectivity index (χ3n) is 8.77. The summed E-state index contributed by atoms with van der Waals surface area (Å²) >= 11 is 6.62. The maximum atomic E-state index is 14.9. The lowest BCUT2D eigenvalue weighted by Gasteiger charge is -2.38. The summed E-state index contributed by atoms with van der Waals surface area (Å²) in [5.41, 5.74) is 2.45. The molecule has 0 aliphatic carbocycles. The lowest BCUT2D eigenvalue weighted by atomic mass is 9.62. The highest BCUT2D eigenvalue weighted by Gasteiger charge is 2.70. The molecule has 1 N–H and O–H groups in total. The third kappa shape index (κ3) is 4.04. The van der Waals surface area contributed by atoms with E-state index in [4.69, 9.17) is 16.3 Å². The van der Waals surface area contributed by atoms with E-state index >= 15 is 0 Å². The van der Waals surface area contributed by atoms with Gasteiger partial charge in [0.2, 0.25) is 5.91 Å². The fourth-order valence-electron chi connectivity index (χ4n) is 7.14. The van der Waals surface area contributed by atoms with Crippen LogP contribution in [-0.4, -0.2) is 34.5 Å². The number of fused-ring (bicyclic) bond motifs is 6. The molecule has 7 heteroatoms. The number of ether oxygens (including phenoxy) is 1. The van der Waals surface area contributed by atoms with Gasteiger partial charge in [0.15, 0.2) is 11.6 Å². The van der Waals surface area contributed by atoms with Crippen LogP contribution in [-0.2, 0) is 10.2 Å². The molecule has 1 fully saturated rings. The summed E-state index contributed by atoms with van der Waals surface area (Å²) in [5, 5.41) is 3.34. The molecule has 3 heterocycles. The molecular formula is C36H29ClN2O4. The molecule has 214 valence electrons. The van der Waals surface area contributed by atoms with Gasteiger partial charge >= 0.3 is 0 Å². The number of nitrogens with one attached hydrogen (secondary N) is 1. The van der Waals surface area contributed by atoms with Gasteiger partial charge in [0.05, 0.1) is 23.1 Å². The van der Waals surface area contributed by atoms with Crippen molar-refractivity contribution in [2.45, 2.75) is 37.5 Å². The number of amides is 1. The number of nitrogens with zero attached hydrogens (tertiary/aromatic N) is 1. The summed E-state index contributed by atoms with van der Waals surface area (Å²) in [6.45, 7) is 3.88. The second-order valence-electron chi connectivity index (χ2n) is 11.5. The Labute approximate surface area is 254 Å². The van der Waals surface area contributed by atoms with E-state index in [1.54, 1.807) is 48.5 Å². The van der Waals surface area contributed by atoms with E-state index in [-0.39, 0.29) is 34.2 Å². The van der Waals surface area contributed by atoms with Crippen molar-refractivity contribution >= 4 is 40.8 Å². The first-order valence-corrected chi connectivity index (χ1v) is 14.8. The minimum Gasteiger partial charge on any atom is -0.491 e. The highest BCUT2D eigenvalue weighted by molar-refractivity contribution is 6.34. The van der Waals surface area contributed by atoms with Crippen LogP contribution in [0.2, 0.25) is 5.02 Å². The Morgan fingerprint density at radius 2 is 1.58 bits per heavy atom. The molecule has 1 saturated heterocycles. The van der Waals surface area contributed by atoms with E-state index in [1.807, 2.05) is 79.6 Å². The molecule has 0 aromatic heterocycles. The van der Waals surface area contributed by atoms with E-state index in [9.17, 15) is 14.4 Å². The Kier molecular flexibility index (Phi) is 6.47. The smallest absolute Gasteiger partial charge is 0.238 e. The van der Waals surface area contributed by atoms with Crippen LogP contribution in [0.25, 0.3) is 6.08 Å². The molecule has 0 unspecified atom stereocenters. The molecular weight excluding hydrogens is 560 g/mol. The molecule has 6 nitrogen and oxygen atoms in total. The van der Waals surface area contributed by atoms with E-state index in [0.29, 0.717) is 22.6 Å². The average molecular weight is 589 g/mol.